The molecule has 0 aliphatic heterocycles. The van der Waals surface area contributed by atoms with E-state index in [1.807, 2.05) is 0 Å². The first-order chi connectivity index (χ1) is 6.92. The Morgan fingerprint density at radius 2 is 1.87 bits per heavy atom. The van der Waals surface area contributed by atoms with Gasteiger partial charge in [-0.05, 0) is 13.1 Å². The molecule has 1 N–H and O–H groups in total. The van der Waals surface area contributed by atoms with Crippen LogP contribution >= 0.6 is 23.2 Å². The minimum atomic E-state index is -3.60. The van der Waals surface area contributed by atoms with Crippen molar-refractivity contribution in [1.82, 2.24) is 4.72 Å². The zero-order chi connectivity index (χ0) is 11.6. The van der Waals surface area contributed by atoms with Crippen molar-refractivity contribution in [2.24, 2.45) is 0 Å². The molecule has 0 heterocycles. The number of hydrogen-bond donors (Lipinski definition) is 1. The largest absolute Gasteiger partial charge is 0.495 e. The molecule has 0 aliphatic carbocycles. The lowest BCUT2D eigenvalue weighted by Crippen LogP contribution is -2.19. The van der Waals surface area contributed by atoms with E-state index in [1.54, 1.807) is 0 Å². The topological polar surface area (TPSA) is 55.4 Å². The molecule has 0 saturated carbocycles. The van der Waals surface area contributed by atoms with Gasteiger partial charge in [0.1, 0.15) is 10.6 Å². The van der Waals surface area contributed by atoms with E-state index >= 15 is 0 Å². The lowest BCUT2D eigenvalue weighted by Gasteiger charge is -2.08. The number of nitrogens with one attached hydrogen (secondary N) is 1. The van der Waals surface area contributed by atoms with Crippen molar-refractivity contribution in [3.05, 3.63) is 22.2 Å². The molecule has 0 saturated heterocycles. The minimum Gasteiger partial charge on any atom is -0.495 e. The van der Waals surface area contributed by atoms with Gasteiger partial charge in [-0.2, -0.15) is 0 Å². The maximum absolute atomic E-state index is 11.5. The highest BCUT2D eigenvalue weighted by atomic mass is 35.5. The molecule has 0 aliphatic rings. The smallest absolute Gasteiger partial charge is 0.241 e. The van der Waals surface area contributed by atoms with Crippen molar-refractivity contribution in [2.45, 2.75) is 4.90 Å². The Morgan fingerprint density at radius 3 is 2.33 bits per heavy atom. The van der Waals surface area contributed by atoms with Gasteiger partial charge in [0.2, 0.25) is 10.0 Å². The zero-order valence-electron chi connectivity index (χ0n) is 8.04. The van der Waals surface area contributed by atoms with E-state index in [9.17, 15) is 8.42 Å². The molecular formula is C8H9Cl2NO3S. The summed E-state index contributed by atoms with van der Waals surface area (Å²) < 4.78 is 30.0. The standard InChI is InChI=1S/C8H9Cl2NO3S/c1-11-15(12,13)8-4-5(9)7(14-2)3-6(8)10/h3-4,11H,1-2H3. The molecule has 15 heavy (non-hydrogen) atoms. The highest BCUT2D eigenvalue weighted by Crippen LogP contribution is 2.32. The van der Waals surface area contributed by atoms with E-state index in [-0.39, 0.29) is 14.9 Å². The molecule has 0 amide bonds. The maximum atomic E-state index is 11.5. The number of benzene rings is 1. The van der Waals surface area contributed by atoms with E-state index in [0.29, 0.717) is 5.75 Å². The predicted octanol–water partition coefficient (Wildman–Crippen LogP) is 1.91. The molecule has 84 valence electrons. The Labute approximate surface area is 98.2 Å². The molecule has 7 heteroatoms. The SMILES string of the molecule is CNS(=O)(=O)c1cc(Cl)c(OC)cc1Cl. The summed E-state index contributed by atoms with van der Waals surface area (Å²) in [5, 5.41) is 0.251. The van der Waals surface area contributed by atoms with Crippen molar-refractivity contribution in [1.29, 1.82) is 0 Å². The minimum absolute atomic E-state index is 0.0607. The molecule has 0 atom stereocenters. The van der Waals surface area contributed by atoms with Crippen LogP contribution in [0.15, 0.2) is 17.0 Å². The summed E-state index contributed by atoms with van der Waals surface area (Å²) in [6.07, 6.45) is 0. The normalized spacial score (nSPS) is 11.5. The molecule has 0 fully saturated rings. The molecular weight excluding hydrogens is 261 g/mol. The number of sulfonamides is 1. The monoisotopic (exact) mass is 269 g/mol. The van der Waals surface area contributed by atoms with Crippen LogP contribution in [-0.2, 0) is 10.0 Å². The van der Waals surface area contributed by atoms with Gasteiger partial charge in [-0.3, -0.25) is 0 Å². The first-order valence-electron chi connectivity index (χ1n) is 3.89. The van der Waals surface area contributed by atoms with Gasteiger partial charge >= 0.3 is 0 Å². The Bertz CT molecular complexity index is 473. The van der Waals surface area contributed by atoms with Crippen LogP contribution < -0.4 is 9.46 Å². The summed E-state index contributed by atoms with van der Waals surface area (Å²) in [6.45, 7) is 0. The Morgan fingerprint density at radius 1 is 1.27 bits per heavy atom. The van der Waals surface area contributed by atoms with Crippen molar-refractivity contribution >= 4 is 33.2 Å². The van der Waals surface area contributed by atoms with E-state index in [1.165, 1.54) is 26.3 Å². The molecule has 1 aromatic rings. The van der Waals surface area contributed by atoms with Crippen LogP contribution in [0.25, 0.3) is 0 Å². The fourth-order valence-electron chi connectivity index (χ4n) is 0.983. The average molecular weight is 270 g/mol. The molecule has 0 spiro atoms. The lowest BCUT2D eigenvalue weighted by molar-refractivity contribution is 0.414. The molecule has 0 radical (unpaired) electrons. The van der Waals surface area contributed by atoms with Crippen LogP contribution in [-0.4, -0.2) is 22.6 Å². The predicted molar refractivity (Wildman–Crippen MR) is 59.3 cm³/mol. The second-order valence-electron chi connectivity index (χ2n) is 2.62. The molecule has 0 unspecified atom stereocenters. The van der Waals surface area contributed by atoms with Crippen LogP contribution in [0, 0.1) is 0 Å². The Balaban J connectivity index is 3.41. The molecule has 0 bridgehead atoms. The van der Waals surface area contributed by atoms with E-state index < -0.39 is 10.0 Å². The van der Waals surface area contributed by atoms with E-state index in [0.717, 1.165) is 0 Å². The quantitative estimate of drug-likeness (QED) is 0.912. The van der Waals surface area contributed by atoms with Gasteiger partial charge in [0.05, 0.1) is 17.2 Å². The van der Waals surface area contributed by atoms with Crippen molar-refractivity contribution in [2.75, 3.05) is 14.2 Å². The summed E-state index contributed by atoms with van der Waals surface area (Å²) in [7, 11) is -0.882. The summed E-state index contributed by atoms with van der Waals surface area (Å²) in [6, 6.07) is 2.60. The summed E-state index contributed by atoms with van der Waals surface area (Å²) >= 11 is 11.6. The molecule has 1 rings (SSSR count). The second-order valence-corrected chi connectivity index (χ2v) is 5.29. The van der Waals surface area contributed by atoms with Crippen LogP contribution in [0.5, 0.6) is 5.75 Å². The summed E-state index contributed by atoms with van der Waals surface area (Å²) in [4.78, 5) is -0.0718. The molecule has 1 aromatic carbocycles. The maximum Gasteiger partial charge on any atom is 0.241 e. The Hall–Kier alpha value is -0.490. The van der Waals surface area contributed by atoms with Gasteiger partial charge in [-0.25, -0.2) is 13.1 Å². The molecule has 0 aromatic heterocycles. The van der Waals surface area contributed by atoms with Crippen LogP contribution in [0.3, 0.4) is 0 Å². The summed E-state index contributed by atoms with van der Waals surface area (Å²) in [5.41, 5.74) is 0. The number of halogens is 2. The average Bonchev–Trinajstić information content (AvgIpc) is 2.20. The number of rotatable bonds is 3. The zero-order valence-corrected chi connectivity index (χ0v) is 10.4. The van der Waals surface area contributed by atoms with E-state index in [2.05, 4.69) is 4.72 Å². The third-order valence-corrected chi connectivity index (χ3v) is 3.94. The van der Waals surface area contributed by atoms with Crippen molar-refractivity contribution in [3.63, 3.8) is 0 Å². The van der Waals surface area contributed by atoms with Crippen molar-refractivity contribution < 1.29 is 13.2 Å². The third kappa shape index (κ3) is 2.55. The van der Waals surface area contributed by atoms with E-state index in [4.69, 9.17) is 27.9 Å². The van der Waals surface area contributed by atoms with Gasteiger partial charge in [0, 0.05) is 6.07 Å². The number of ether oxygens (including phenoxy) is 1. The number of methoxy groups -OCH3 is 1. The second kappa shape index (κ2) is 4.57. The van der Waals surface area contributed by atoms with Gasteiger partial charge in [-0.15, -0.1) is 0 Å². The fraction of sp³-hybridized carbons (Fsp3) is 0.250. The van der Waals surface area contributed by atoms with Crippen LogP contribution in [0.4, 0.5) is 0 Å². The first kappa shape index (κ1) is 12.6. The fourth-order valence-corrected chi connectivity index (χ4v) is 2.56. The van der Waals surface area contributed by atoms with Gasteiger partial charge < -0.3 is 4.74 Å². The third-order valence-electron chi connectivity index (χ3n) is 1.76. The Kier molecular flexibility index (Phi) is 3.83. The van der Waals surface area contributed by atoms with Crippen LogP contribution in [0.1, 0.15) is 0 Å². The van der Waals surface area contributed by atoms with Crippen molar-refractivity contribution in [3.8, 4) is 5.75 Å². The van der Waals surface area contributed by atoms with Gasteiger partial charge in [-0.1, -0.05) is 23.2 Å². The number of hydrogen-bond acceptors (Lipinski definition) is 3. The highest BCUT2D eigenvalue weighted by Gasteiger charge is 2.18. The van der Waals surface area contributed by atoms with Gasteiger partial charge in [0.25, 0.3) is 0 Å². The lowest BCUT2D eigenvalue weighted by atomic mass is 10.3. The van der Waals surface area contributed by atoms with Gasteiger partial charge in [0.15, 0.2) is 0 Å². The first-order valence-corrected chi connectivity index (χ1v) is 6.13. The summed E-state index contributed by atoms with van der Waals surface area (Å²) in [5.74, 6) is 0.330. The highest BCUT2D eigenvalue weighted by molar-refractivity contribution is 7.89. The van der Waals surface area contributed by atoms with Crippen LogP contribution in [0.2, 0.25) is 10.0 Å². The molecule has 4 nitrogen and oxygen atoms in total.